The van der Waals surface area contributed by atoms with Gasteiger partial charge in [0.25, 0.3) is 11.6 Å². The van der Waals surface area contributed by atoms with Gasteiger partial charge in [0.1, 0.15) is 5.69 Å². The number of nitrogens with zero attached hydrogens (tertiary/aromatic N) is 1. The van der Waals surface area contributed by atoms with E-state index < -0.39 is 10.8 Å². The molecule has 6 nitrogen and oxygen atoms in total. The fraction of sp³-hybridized carbons (Fsp3) is 0.0714. The number of carbonyl (C=O) groups excluding carboxylic acids is 1. The largest absolute Gasteiger partial charge is 0.393 e. The summed E-state index contributed by atoms with van der Waals surface area (Å²) in [7, 11) is 0. The van der Waals surface area contributed by atoms with E-state index in [2.05, 4.69) is 5.32 Å². The van der Waals surface area contributed by atoms with Crippen molar-refractivity contribution in [1.29, 1.82) is 0 Å². The molecule has 21 heavy (non-hydrogen) atoms. The van der Waals surface area contributed by atoms with E-state index in [1.54, 1.807) is 25.1 Å². The summed E-state index contributed by atoms with van der Waals surface area (Å²) in [6, 6.07) is 9.17. The van der Waals surface area contributed by atoms with Crippen molar-refractivity contribution in [2.75, 3.05) is 11.1 Å². The quantitative estimate of drug-likeness (QED) is 0.516. The first-order valence-electron chi connectivity index (χ1n) is 6.01. The number of nitro benzene ring substituents is 1. The van der Waals surface area contributed by atoms with Gasteiger partial charge < -0.3 is 11.1 Å². The fourth-order valence-electron chi connectivity index (χ4n) is 1.84. The van der Waals surface area contributed by atoms with Crippen molar-refractivity contribution in [1.82, 2.24) is 0 Å². The number of nitrogens with one attached hydrogen (secondary N) is 1. The molecule has 0 fully saturated rings. The average molecular weight is 306 g/mol. The van der Waals surface area contributed by atoms with Crippen molar-refractivity contribution < 1.29 is 9.72 Å². The zero-order valence-corrected chi connectivity index (χ0v) is 11.8. The zero-order chi connectivity index (χ0) is 15.6. The van der Waals surface area contributed by atoms with Gasteiger partial charge in [-0.15, -0.1) is 0 Å². The summed E-state index contributed by atoms with van der Waals surface area (Å²) in [5, 5.41) is 14.0. The molecule has 0 aliphatic carbocycles. The molecule has 2 rings (SSSR count). The number of nitrogens with two attached hydrogens (primary N) is 1. The molecule has 0 unspecified atom stereocenters. The minimum absolute atomic E-state index is 0.0450. The first kappa shape index (κ1) is 14.8. The number of hydrogen-bond acceptors (Lipinski definition) is 4. The lowest BCUT2D eigenvalue weighted by Gasteiger charge is -2.10. The van der Waals surface area contributed by atoms with E-state index in [0.29, 0.717) is 16.3 Å². The maximum Gasteiger partial charge on any atom is 0.292 e. The minimum atomic E-state index is -0.628. The van der Waals surface area contributed by atoms with Crippen LogP contribution in [0, 0.1) is 17.0 Å². The van der Waals surface area contributed by atoms with Crippen molar-refractivity contribution in [3.05, 3.63) is 62.7 Å². The molecule has 2 aromatic rings. The van der Waals surface area contributed by atoms with Gasteiger partial charge in [0, 0.05) is 16.8 Å². The number of anilines is 2. The lowest BCUT2D eigenvalue weighted by atomic mass is 10.1. The third kappa shape index (κ3) is 2.95. The summed E-state index contributed by atoms with van der Waals surface area (Å²) in [6.45, 7) is 1.76. The van der Waals surface area contributed by atoms with Gasteiger partial charge in [-0.1, -0.05) is 23.7 Å². The van der Waals surface area contributed by atoms with Crippen LogP contribution in [-0.2, 0) is 0 Å². The maximum absolute atomic E-state index is 12.2. The Morgan fingerprint density at radius 3 is 2.62 bits per heavy atom. The standard InChI is InChI=1S/C14H12ClN3O3/c1-8-10(15)5-3-6-11(8)17-14(19)9-4-2-7-12(13(9)16)18(20)21/h2-7H,16H2,1H3,(H,17,19). The molecule has 0 saturated carbocycles. The van der Waals surface area contributed by atoms with Crippen LogP contribution in [0.5, 0.6) is 0 Å². The second-order valence-corrected chi connectivity index (χ2v) is 4.77. The van der Waals surface area contributed by atoms with E-state index in [4.69, 9.17) is 17.3 Å². The van der Waals surface area contributed by atoms with Crippen LogP contribution in [0.2, 0.25) is 5.02 Å². The molecular formula is C14H12ClN3O3. The van der Waals surface area contributed by atoms with Crippen molar-refractivity contribution in [3.8, 4) is 0 Å². The van der Waals surface area contributed by atoms with E-state index in [1.165, 1.54) is 18.2 Å². The van der Waals surface area contributed by atoms with E-state index in [-0.39, 0.29) is 16.9 Å². The molecule has 108 valence electrons. The molecule has 0 bridgehead atoms. The molecule has 0 aliphatic heterocycles. The van der Waals surface area contributed by atoms with E-state index in [9.17, 15) is 14.9 Å². The van der Waals surface area contributed by atoms with Crippen LogP contribution in [0.4, 0.5) is 17.1 Å². The monoisotopic (exact) mass is 305 g/mol. The molecular weight excluding hydrogens is 294 g/mol. The lowest BCUT2D eigenvalue weighted by Crippen LogP contribution is -2.15. The molecule has 0 spiro atoms. The van der Waals surface area contributed by atoms with Gasteiger partial charge in [-0.05, 0) is 30.7 Å². The van der Waals surface area contributed by atoms with Crippen LogP contribution < -0.4 is 11.1 Å². The summed E-state index contributed by atoms with van der Waals surface area (Å²) in [5.41, 5.74) is 6.49. The highest BCUT2D eigenvalue weighted by Crippen LogP contribution is 2.27. The Morgan fingerprint density at radius 2 is 1.95 bits per heavy atom. The summed E-state index contributed by atoms with van der Waals surface area (Å²) in [6.07, 6.45) is 0. The molecule has 0 atom stereocenters. The minimum Gasteiger partial charge on any atom is -0.393 e. The Balaban J connectivity index is 2.35. The van der Waals surface area contributed by atoms with Crippen LogP contribution in [0.15, 0.2) is 36.4 Å². The van der Waals surface area contributed by atoms with Crippen LogP contribution >= 0.6 is 11.6 Å². The molecule has 0 radical (unpaired) electrons. The van der Waals surface area contributed by atoms with Crippen molar-refractivity contribution in [2.24, 2.45) is 0 Å². The summed E-state index contributed by atoms with van der Waals surface area (Å²) in [5.74, 6) is -0.526. The van der Waals surface area contributed by atoms with Crippen LogP contribution in [-0.4, -0.2) is 10.8 Å². The number of nitrogen functional groups attached to an aromatic ring is 1. The SMILES string of the molecule is Cc1c(Cl)cccc1NC(=O)c1cccc([N+](=O)[O-])c1N. The van der Waals surface area contributed by atoms with Crippen LogP contribution in [0.25, 0.3) is 0 Å². The highest BCUT2D eigenvalue weighted by atomic mass is 35.5. The van der Waals surface area contributed by atoms with E-state index in [0.717, 1.165) is 0 Å². The summed E-state index contributed by atoms with van der Waals surface area (Å²) >= 11 is 5.98. The number of para-hydroxylation sites is 1. The van der Waals surface area contributed by atoms with Gasteiger partial charge in [0.2, 0.25) is 0 Å². The predicted molar refractivity (Wildman–Crippen MR) is 81.7 cm³/mol. The second kappa shape index (κ2) is 5.80. The predicted octanol–water partition coefficient (Wildman–Crippen LogP) is 3.39. The fourth-order valence-corrected chi connectivity index (χ4v) is 2.02. The molecule has 0 aliphatic rings. The van der Waals surface area contributed by atoms with Gasteiger partial charge in [-0.2, -0.15) is 0 Å². The number of hydrogen-bond donors (Lipinski definition) is 2. The molecule has 0 heterocycles. The molecule has 0 aromatic heterocycles. The number of carbonyl (C=O) groups is 1. The summed E-state index contributed by atoms with van der Waals surface area (Å²) in [4.78, 5) is 22.4. The number of amides is 1. The van der Waals surface area contributed by atoms with Crippen molar-refractivity contribution >= 4 is 34.6 Å². The topological polar surface area (TPSA) is 98.3 Å². The highest BCUT2D eigenvalue weighted by Gasteiger charge is 2.19. The Labute approximate surface area is 125 Å². The molecule has 7 heteroatoms. The lowest BCUT2D eigenvalue weighted by molar-refractivity contribution is -0.383. The first-order valence-corrected chi connectivity index (χ1v) is 6.39. The van der Waals surface area contributed by atoms with E-state index >= 15 is 0 Å². The second-order valence-electron chi connectivity index (χ2n) is 4.36. The van der Waals surface area contributed by atoms with Crippen LogP contribution in [0.3, 0.4) is 0 Å². The van der Waals surface area contributed by atoms with Gasteiger partial charge in [-0.25, -0.2) is 0 Å². The van der Waals surface area contributed by atoms with E-state index in [1.807, 2.05) is 0 Å². The van der Waals surface area contributed by atoms with Gasteiger partial charge in [-0.3, -0.25) is 14.9 Å². The number of rotatable bonds is 3. The Hall–Kier alpha value is -2.60. The average Bonchev–Trinajstić information content (AvgIpc) is 2.43. The third-order valence-electron chi connectivity index (χ3n) is 3.04. The summed E-state index contributed by atoms with van der Waals surface area (Å²) < 4.78 is 0. The molecule has 2 aromatic carbocycles. The van der Waals surface area contributed by atoms with Gasteiger partial charge in [0.05, 0.1) is 10.5 Å². The van der Waals surface area contributed by atoms with Crippen LogP contribution in [0.1, 0.15) is 15.9 Å². The number of nitro groups is 1. The van der Waals surface area contributed by atoms with Crippen molar-refractivity contribution in [2.45, 2.75) is 6.92 Å². The molecule has 3 N–H and O–H groups in total. The number of halogens is 1. The zero-order valence-electron chi connectivity index (χ0n) is 11.1. The Kier molecular flexibility index (Phi) is 4.09. The first-order chi connectivity index (χ1) is 9.91. The van der Waals surface area contributed by atoms with Crippen molar-refractivity contribution in [3.63, 3.8) is 0 Å². The third-order valence-corrected chi connectivity index (χ3v) is 3.45. The Morgan fingerprint density at radius 1 is 1.29 bits per heavy atom. The molecule has 0 saturated heterocycles. The molecule has 1 amide bonds. The van der Waals surface area contributed by atoms with Gasteiger partial charge >= 0.3 is 0 Å². The maximum atomic E-state index is 12.2. The smallest absolute Gasteiger partial charge is 0.292 e. The van der Waals surface area contributed by atoms with Gasteiger partial charge in [0.15, 0.2) is 0 Å². The number of benzene rings is 2. The Bertz CT molecular complexity index is 731. The highest BCUT2D eigenvalue weighted by molar-refractivity contribution is 6.31. The normalized spacial score (nSPS) is 10.2.